The third-order valence-corrected chi connectivity index (χ3v) is 4.13. The molecule has 0 atom stereocenters. The molecule has 0 saturated heterocycles. The van der Waals surface area contributed by atoms with E-state index in [1.54, 1.807) is 17.5 Å². The number of nitrogens with zero attached hydrogens (tertiary/aromatic N) is 1. The lowest BCUT2D eigenvalue weighted by atomic mass is 10.1. The summed E-state index contributed by atoms with van der Waals surface area (Å²) in [5.41, 5.74) is 8.13. The first-order valence-corrected chi connectivity index (χ1v) is 6.85. The molecule has 2 heterocycles. The molecule has 0 radical (unpaired) electrons. The van der Waals surface area contributed by atoms with E-state index < -0.39 is 0 Å². The summed E-state index contributed by atoms with van der Waals surface area (Å²) < 4.78 is 1.29. The van der Waals surface area contributed by atoms with Crippen molar-refractivity contribution in [3.05, 3.63) is 58.1 Å². The second-order valence-electron chi connectivity index (χ2n) is 4.13. The minimum absolute atomic E-state index is 0.551. The highest BCUT2D eigenvalue weighted by Crippen LogP contribution is 2.29. The van der Waals surface area contributed by atoms with Crippen molar-refractivity contribution >= 4 is 38.8 Å². The number of nitrogens with two attached hydrogens (primary N) is 1. The van der Waals surface area contributed by atoms with Crippen LogP contribution in [0.5, 0.6) is 0 Å². The molecule has 0 amide bonds. The van der Waals surface area contributed by atoms with E-state index in [2.05, 4.69) is 34.6 Å². The molecule has 0 fully saturated rings. The van der Waals surface area contributed by atoms with Crippen molar-refractivity contribution < 1.29 is 0 Å². The highest BCUT2D eigenvalue weighted by atomic mass is 35.5. The molecule has 18 heavy (non-hydrogen) atoms. The third-order valence-electron chi connectivity index (χ3n) is 2.91. The zero-order chi connectivity index (χ0) is 12.5. The van der Waals surface area contributed by atoms with Gasteiger partial charge in [0.2, 0.25) is 0 Å². The van der Waals surface area contributed by atoms with Crippen LogP contribution in [0, 0.1) is 0 Å². The second-order valence-corrected chi connectivity index (χ2v) is 5.48. The van der Waals surface area contributed by atoms with Crippen molar-refractivity contribution in [1.82, 2.24) is 4.98 Å². The topological polar surface area (TPSA) is 38.9 Å². The van der Waals surface area contributed by atoms with E-state index in [1.165, 1.54) is 15.6 Å². The monoisotopic (exact) mass is 274 g/mol. The predicted molar refractivity (Wildman–Crippen MR) is 78.3 cm³/mol. The zero-order valence-corrected chi connectivity index (χ0v) is 11.1. The number of benzene rings is 1. The van der Waals surface area contributed by atoms with Crippen molar-refractivity contribution in [2.45, 2.75) is 6.42 Å². The van der Waals surface area contributed by atoms with E-state index in [4.69, 9.17) is 17.3 Å². The number of hydrogen-bond acceptors (Lipinski definition) is 3. The Balaban J connectivity index is 2.04. The van der Waals surface area contributed by atoms with E-state index in [-0.39, 0.29) is 0 Å². The molecule has 2 N–H and O–H groups in total. The zero-order valence-electron chi connectivity index (χ0n) is 9.56. The van der Waals surface area contributed by atoms with E-state index in [9.17, 15) is 0 Å². The maximum atomic E-state index is 5.96. The fraction of sp³-hybridized carbons (Fsp3) is 0.0714. The van der Waals surface area contributed by atoms with Crippen LogP contribution < -0.4 is 5.73 Å². The molecule has 0 aliphatic rings. The molecule has 0 bridgehead atoms. The van der Waals surface area contributed by atoms with Crippen molar-refractivity contribution in [2.24, 2.45) is 0 Å². The Labute approximate surface area is 114 Å². The van der Waals surface area contributed by atoms with Gasteiger partial charge in [0.1, 0.15) is 5.82 Å². The minimum Gasteiger partial charge on any atom is -0.383 e. The minimum atomic E-state index is 0.551. The first-order chi connectivity index (χ1) is 8.74. The first-order valence-electron chi connectivity index (χ1n) is 5.59. The lowest BCUT2D eigenvalue weighted by Crippen LogP contribution is -1.98. The van der Waals surface area contributed by atoms with E-state index >= 15 is 0 Å². The molecule has 2 nitrogen and oxygen atoms in total. The fourth-order valence-electron chi connectivity index (χ4n) is 2.01. The van der Waals surface area contributed by atoms with Crippen LogP contribution in [0.1, 0.15) is 11.1 Å². The molecule has 3 rings (SSSR count). The normalized spacial score (nSPS) is 10.9. The predicted octanol–water partition coefficient (Wildman–Crippen LogP) is 4.12. The van der Waals surface area contributed by atoms with Gasteiger partial charge in [-0.1, -0.05) is 29.8 Å². The maximum absolute atomic E-state index is 5.96. The number of pyridine rings is 1. The number of anilines is 1. The fourth-order valence-corrected chi connectivity index (χ4v) is 3.15. The summed E-state index contributed by atoms with van der Waals surface area (Å²) >= 11 is 7.71. The van der Waals surface area contributed by atoms with Crippen molar-refractivity contribution in [2.75, 3.05) is 5.73 Å². The van der Waals surface area contributed by atoms with Gasteiger partial charge < -0.3 is 5.73 Å². The van der Waals surface area contributed by atoms with Gasteiger partial charge in [0.25, 0.3) is 0 Å². The van der Waals surface area contributed by atoms with Gasteiger partial charge in [0.05, 0.1) is 5.02 Å². The SMILES string of the molecule is Nc1ncc(Cl)cc1Cc1csc2ccccc12. The standard InChI is InChI=1S/C14H11ClN2S/c15-11-6-9(14(16)17-7-11)5-10-8-18-13-4-2-1-3-12(10)13/h1-4,6-8H,5H2,(H2,16,17). The number of thiophene rings is 1. The molecular formula is C14H11ClN2S. The Kier molecular flexibility index (Phi) is 2.94. The van der Waals surface area contributed by atoms with Crippen LogP contribution in [-0.2, 0) is 6.42 Å². The lowest BCUT2D eigenvalue weighted by molar-refractivity contribution is 1.18. The summed E-state index contributed by atoms with van der Waals surface area (Å²) in [6, 6.07) is 10.3. The molecule has 1 aromatic carbocycles. The molecule has 90 valence electrons. The summed E-state index contributed by atoms with van der Waals surface area (Å²) in [4.78, 5) is 4.09. The molecule has 0 aliphatic heterocycles. The van der Waals surface area contributed by atoms with Gasteiger partial charge in [-0.25, -0.2) is 4.98 Å². The summed E-state index contributed by atoms with van der Waals surface area (Å²) in [7, 11) is 0. The van der Waals surface area contributed by atoms with E-state index in [0.29, 0.717) is 10.8 Å². The summed E-state index contributed by atoms with van der Waals surface area (Å²) in [5, 5.41) is 4.07. The second kappa shape index (κ2) is 4.59. The Morgan fingerprint density at radius 3 is 2.94 bits per heavy atom. The number of fused-ring (bicyclic) bond motifs is 1. The molecular weight excluding hydrogens is 264 g/mol. The molecule has 0 spiro atoms. The molecule has 3 aromatic rings. The van der Waals surface area contributed by atoms with Gasteiger partial charge in [0.15, 0.2) is 0 Å². The third kappa shape index (κ3) is 2.07. The molecule has 2 aromatic heterocycles. The lowest BCUT2D eigenvalue weighted by Gasteiger charge is -2.04. The van der Waals surface area contributed by atoms with Crippen LogP contribution in [0.3, 0.4) is 0 Å². The average Bonchev–Trinajstić information content (AvgIpc) is 2.78. The van der Waals surface area contributed by atoms with Gasteiger partial charge in [-0.15, -0.1) is 11.3 Å². The molecule has 4 heteroatoms. The van der Waals surface area contributed by atoms with Crippen LogP contribution in [-0.4, -0.2) is 4.98 Å². The van der Waals surface area contributed by atoms with Crippen LogP contribution in [0.15, 0.2) is 41.9 Å². The van der Waals surface area contributed by atoms with Crippen molar-refractivity contribution in [3.8, 4) is 0 Å². The van der Waals surface area contributed by atoms with E-state index in [1.807, 2.05) is 6.07 Å². The number of halogens is 1. The maximum Gasteiger partial charge on any atom is 0.126 e. The number of rotatable bonds is 2. The highest BCUT2D eigenvalue weighted by Gasteiger charge is 2.07. The Morgan fingerprint density at radius 1 is 1.22 bits per heavy atom. The summed E-state index contributed by atoms with van der Waals surface area (Å²) in [6.45, 7) is 0. The van der Waals surface area contributed by atoms with Gasteiger partial charge in [-0.2, -0.15) is 0 Å². The van der Waals surface area contributed by atoms with Crippen LogP contribution in [0.25, 0.3) is 10.1 Å². The quantitative estimate of drug-likeness (QED) is 0.763. The van der Waals surface area contributed by atoms with E-state index in [0.717, 1.165) is 12.0 Å². The molecule has 0 unspecified atom stereocenters. The van der Waals surface area contributed by atoms with Gasteiger partial charge in [-0.05, 0) is 28.5 Å². The number of hydrogen-bond donors (Lipinski definition) is 1. The smallest absolute Gasteiger partial charge is 0.126 e. The number of nitrogen functional groups attached to an aromatic ring is 1. The highest BCUT2D eigenvalue weighted by molar-refractivity contribution is 7.17. The van der Waals surface area contributed by atoms with Crippen LogP contribution >= 0.6 is 22.9 Å². The van der Waals surface area contributed by atoms with Gasteiger partial charge >= 0.3 is 0 Å². The summed E-state index contributed by atoms with van der Waals surface area (Å²) in [6.07, 6.45) is 2.34. The largest absolute Gasteiger partial charge is 0.383 e. The van der Waals surface area contributed by atoms with Crippen LogP contribution in [0.4, 0.5) is 5.82 Å². The first kappa shape index (κ1) is 11.5. The average molecular weight is 275 g/mol. The number of aromatic nitrogens is 1. The molecule has 0 aliphatic carbocycles. The van der Waals surface area contributed by atoms with Crippen LogP contribution in [0.2, 0.25) is 5.02 Å². The van der Waals surface area contributed by atoms with Crippen molar-refractivity contribution in [3.63, 3.8) is 0 Å². The molecule has 0 saturated carbocycles. The van der Waals surface area contributed by atoms with Gasteiger partial charge in [-0.3, -0.25) is 0 Å². The Hall–Kier alpha value is -1.58. The Bertz CT molecular complexity index is 706. The van der Waals surface area contributed by atoms with Gasteiger partial charge in [0, 0.05) is 22.9 Å². The summed E-state index contributed by atoms with van der Waals surface area (Å²) in [5.74, 6) is 0.551. The van der Waals surface area contributed by atoms with Crippen molar-refractivity contribution in [1.29, 1.82) is 0 Å². The Morgan fingerprint density at radius 2 is 2.06 bits per heavy atom.